The average molecular weight is 162 g/mol. The second-order valence-electron chi connectivity index (χ2n) is 2.83. The Morgan fingerprint density at radius 2 is 2.30 bits per heavy atom. The standard InChI is InChI=1S/C7H12ClNO/c1-6-2-3-7(8)4-9(6)5-10/h5-7H,2-4H2,1H3. The van der Waals surface area contributed by atoms with E-state index in [4.69, 9.17) is 11.6 Å². The average Bonchev–Trinajstić information content (AvgIpc) is 1.94. The lowest BCUT2D eigenvalue weighted by molar-refractivity contribution is -0.120. The molecule has 1 heterocycles. The molecule has 1 aliphatic rings. The Labute approximate surface area is 66.1 Å². The normalized spacial score (nSPS) is 34.0. The first kappa shape index (κ1) is 7.86. The monoisotopic (exact) mass is 161 g/mol. The van der Waals surface area contributed by atoms with Gasteiger partial charge in [0.2, 0.25) is 6.41 Å². The van der Waals surface area contributed by atoms with E-state index >= 15 is 0 Å². The fourth-order valence-corrected chi connectivity index (χ4v) is 1.52. The van der Waals surface area contributed by atoms with Gasteiger partial charge in [-0.2, -0.15) is 0 Å². The van der Waals surface area contributed by atoms with Crippen molar-refractivity contribution in [2.75, 3.05) is 6.54 Å². The van der Waals surface area contributed by atoms with Crippen LogP contribution in [0.1, 0.15) is 19.8 Å². The SMILES string of the molecule is CC1CCC(Cl)CN1C=O. The van der Waals surface area contributed by atoms with Gasteiger partial charge in [0.05, 0.1) is 5.38 Å². The highest BCUT2D eigenvalue weighted by molar-refractivity contribution is 6.20. The summed E-state index contributed by atoms with van der Waals surface area (Å²) in [5.74, 6) is 0. The lowest BCUT2D eigenvalue weighted by Crippen LogP contribution is -2.41. The molecule has 0 aliphatic carbocycles. The van der Waals surface area contributed by atoms with Crippen molar-refractivity contribution in [3.63, 3.8) is 0 Å². The molecule has 0 radical (unpaired) electrons. The zero-order chi connectivity index (χ0) is 7.56. The second-order valence-corrected chi connectivity index (χ2v) is 3.44. The summed E-state index contributed by atoms with van der Waals surface area (Å²) in [6, 6.07) is 0.382. The van der Waals surface area contributed by atoms with E-state index in [1.807, 2.05) is 0 Å². The molecule has 2 atom stereocenters. The molecule has 0 spiro atoms. The molecule has 10 heavy (non-hydrogen) atoms. The van der Waals surface area contributed by atoms with Crippen LogP contribution in [-0.2, 0) is 4.79 Å². The third kappa shape index (κ3) is 1.63. The third-order valence-corrected chi connectivity index (χ3v) is 2.36. The van der Waals surface area contributed by atoms with Crippen molar-refractivity contribution >= 4 is 18.0 Å². The first-order chi connectivity index (χ1) is 4.74. The number of halogens is 1. The van der Waals surface area contributed by atoms with Crippen LogP contribution < -0.4 is 0 Å². The van der Waals surface area contributed by atoms with E-state index in [2.05, 4.69) is 6.92 Å². The fourth-order valence-electron chi connectivity index (χ4n) is 1.23. The van der Waals surface area contributed by atoms with Crippen molar-refractivity contribution < 1.29 is 4.79 Å². The van der Waals surface area contributed by atoms with Crippen LogP contribution in [0.3, 0.4) is 0 Å². The molecule has 0 aromatic heterocycles. The number of alkyl halides is 1. The Morgan fingerprint density at radius 3 is 2.80 bits per heavy atom. The van der Waals surface area contributed by atoms with Crippen molar-refractivity contribution in [2.24, 2.45) is 0 Å². The molecular formula is C7H12ClNO. The van der Waals surface area contributed by atoms with Crippen molar-refractivity contribution in [3.8, 4) is 0 Å². The Balaban J connectivity index is 2.45. The molecule has 1 saturated heterocycles. The quantitative estimate of drug-likeness (QED) is 0.419. The number of likely N-dealkylation sites (tertiary alicyclic amines) is 1. The van der Waals surface area contributed by atoms with E-state index in [1.165, 1.54) is 0 Å². The Morgan fingerprint density at radius 1 is 1.60 bits per heavy atom. The number of hydrogen-bond donors (Lipinski definition) is 0. The minimum Gasteiger partial charge on any atom is -0.341 e. The zero-order valence-corrected chi connectivity index (χ0v) is 6.84. The second kappa shape index (κ2) is 3.24. The third-order valence-electron chi connectivity index (χ3n) is 2.01. The van der Waals surface area contributed by atoms with Crippen molar-refractivity contribution in [3.05, 3.63) is 0 Å². The van der Waals surface area contributed by atoms with Crippen LogP contribution in [-0.4, -0.2) is 29.3 Å². The Bertz CT molecular complexity index is 129. The summed E-state index contributed by atoms with van der Waals surface area (Å²) in [4.78, 5) is 12.1. The largest absolute Gasteiger partial charge is 0.341 e. The van der Waals surface area contributed by atoms with E-state index in [-0.39, 0.29) is 5.38 Å². The van der Waals surface area contributed by atoms with Crippen molar-refractivity contribution in [1.29, 1.82) is 0 Å². The van der Waals surface area contributed by atoms with Gasteiger partial charge < -0.3 is 4.90 Å². The van der Waals surface area contributed by atoms with Gasteiger partial charge in [-0.15, -0.1) is 11.6 Å². The minimum atomic E-state index is 0.168. The highest BCUT2D eigenvalue weighted by atomic mass is 35.5. The summed E-state index contributed by atoms with van der Waals surface area (Å²) in [7, 11) is 0. The first-order valence-electron chi connectivity index (χ1n) is 3.59. The molecule has 58 valence electrons. The van der Waals surface area contributed by atoms with Gasteiger partial charge in [-0.25, -0.2) is 0 Å². The van der Waals surface area contributed by atoms with Gasteiger partial charge in [-0.3, -0.25) is 4.79 Å². The van der Waals surface area contributed by atoms with Crippen LogP contribution >= 0.6 is 11.6 Å². The number of amides is 1. The van der Waals surface area contributed by atoms with Crippen LogP contribution in [0, 0.1) is 0 Å². The molecule has 0 saturated carbocycles. The van der Waals surface area contributed by atoms with Crippen LogP contribution in [0.15, 0.2) is 0 Å². The lowest BCUT2D eigenvalue weighted by Gasteiger charge is -2.32. The van der Waals surface area contributed by atoms with Gasteiger partial charge in [0.1, 0.15) is 0 Å². The summed E-state index contributed by atoms with van der Waals surface area (Å²) in [5.41, 5.74) is 0. The number of carbonyl (C=O) groups excluding carboxylic acids is 1. The molecule has 0 N–H and O–H groups in total. The van der Waals surface area contributed by atoms with Gasteiger partial charge >= 0.3 is 0 Å². The molecule has 1 fully saturated rings. The number of piperidine rings is 1. The van der Waals surface area contributed by atoms with Gasteiger partial charge in [0.15, 0.2) is 0 Å². The fraction of sp³-hybridized carbons (Fsp3) is 0.857. The molecule has 0 bridgehead atoms. The van der Waals surface area contributed by atoms with E-state index in [1.54, 1.807) is 4.90 Å². The van der Waals surface area contributed by atoms with Crippen LogP contribution in [0.5, 0.6) is 0 Å². The Hall–Kier alpha value is -0.240. The molecule has 2 unspecified atom stereocenters. The smallest absolute Gasteiger partial charge is 0.209 e. The van der Waals surface area contributed by atoms with Gasteiger partial charge in [-0.05, 0) is 19.8 Å². The maximum Gasteiger partial charge on any atom is 0.209 e. The maximum atomic E-state index is 10.4. The summed E-state index contributed by atoms with van der Waals surface area (Å²) in [6.07, 6.45) is 2.96. The van der Waals surface area contributed by atoms with Crippen LogP contribution in [0.25, 0.3) is 0 Å². The molecular weight excluding hydrogens is 150 g/mol. The molecule has 3 heteroatoms. The van der Waals surface area contributed by atoms with Gasteiger partial charge in [-0.1, -0.05) is 0 Å². The topological polar surface area (TPSA) is 20.3 Å². The summed E-state index contributed by atoms with van der Waals surface area (Å²) < 4.78 is 0. The van der Waals surface area contributed by atoms with Gasteiger partial charge in [0.25, 0.3) is 0 Å². The molecule has 0 aromatic carbocycles. The van der Waals surface area contributed by atoms with E-state index in [9.17, 15) is 4.79 Å². The molecule has 1 rings (SSSR count). The summed E-state index contributed by atoms with van der Waals surface area (Å²) in [5, 5.41) is 0.168. The first-order valence-corrected chi connectivity index (χ1v) is 4.03. The molecule has 1 amide bonds. The lowest BCUT2D eigenvalue weighted by atomic mass is 10.0. The maximum absolute atomic E-state index is 10.4. The van der Waals surface area contributed by atoms with E-state index < -0.39 is 0 Å². The number of hydrogen-bond acceptors (Lipinski definition) is 1. The van der Waals surface area contributed by atoms with Crippen LogP contribution in [0.2, 0.25) is 0 Å². The number of carbonyl (C=O) groups is 1. The summed E-state index contributed by atoms with van der Waals surface area (Å²) in [6.45, 7) is 2.77. The predicted octanol–water partition coefficient (Wildman–Crippen LogP) is 1.23. The van der Waals surface area contributed by atoms with E-state index in [0.717, 1.165) is 19.3 Å². The zero-order valence-electron chi connectivity index (χ0n) is 6.09. The number of rotatable bonds is 1. The van der Waals surface area contributed by atoms with Crippen LogP contribution in [0.4, 0.5) is 0 Å². The Kier molecular flexibility index (Phi) is 2.55. The van der Waals surface area contributed by atoms with Crippen molar-refractivity contribution in [1.82, 2.24) is 4.90 Å². The minimum absolute atomic E-state index is 0.168. The summed E-state index contributed by atoms with van der Waals surface area (Å²) >= 11 is 5.85. The molecule has 1 aliphatic heterocycles. The molecule has 0 aromatic rings. The van der Waals surface area contributed by atoms with Gasteiger partial charge in [0, 0.05) is 12.6 Å². The number of nitrogens with zero attached hydrogens (tertiary/aromatic N) is 1. The highest BCUT2D eigenvalue weighted by Gasteiger charge is 2.21. The van der Waals surface area contributed by atoms with E-state index in [0.29, 0.717) is 12.6 Å². The highest BCUT2D eigenvalue weighted by Crippen LogP contribution is 2.18. The van der Waals surface area contributed by atoms with Crippen molar-refractivity contribution in [2.45, 2.75) is 31.2 Å². The molecule has 2 nitrogen and oxygen atoms in total. The predicted molar refractivity (Wildman–Crippen MR) is 41.1 cm³/mol.